The van der Waals surface area contributed by atoms with Crippen LogP contribution < -0.4 is 27.8 Å². The van der Waals surface area contributed by atoms with Gasteiger partial charge in [0.05, 0.1) is 6.54 Å². The topological polar surface area (TPSA) is 206 Å². The molecule has 3 amide bonds. The summed E-state index contributed by atoms with van der Waals surface area (Å²) in [6.07, 6.45) is 1.69. The van der Waals surface area contributed by atoms with Crippen LogP contribution in [0, 0.1) is 5.92 Å². The summed E-state index contributed by atoms with van der Waals surface area (Å²) in [7, 11) is 0. The van der Waals surface area contributed by atoms with Gasteiger partial charge < -0.3 is 37.8 Å². The fourth-order valence-corrected chi connectivity index (χ4v) is 3.28. The number of nitrogens with zero attached hydrogens (tertiary/aromatic N) is 2. The number of aliphatic imine (C=N–C) groups is 1. The van der Waals surface area contributed by atoms with Gasteiger partial charge in [-0.2, -0.15) is 0 Å². The minimum atomic E-state index is -1.14. The third-order valence-electron chi connectivity index (χ3n) is 4.83. The highest BCUT2D eigenvalue weighted by molar-refractivity contribution is 5.94. The summed E-state index contributed by atoms with van der Waals surface area (Å²) in [6.45, 7) is 3.70. The van der Waals surface area contributed by atoms with Gasteiger partial charge in [0, 0.05) is 13.1 Å². The van der Waals surface area contributed by atoms with Crippen LogP contribution in [0.5, 0.6) is 0 Å². The van der Waals surface area contributed by atoms with Gasteiger partial charge in [-0.15, -0.1) is 0 Å². The summed E-state index contributed by atoms with van der Waals surface area (Å²) < 4.78 is 0. The van der Waals surface area contributed by atoms with Crippen LogP contribution in [-0.2, 0) is 19.2 Å². The molecule has 3 unspecified atom stereocenters. The molecular formula is C18H33N7O5. The first kappa shape index (κ1) is 25.1. The van der Waals surface area contributed by atoms with Crippen molar-refractivity contribution in [2.24, 2.45) is 28.1 Å². The van der Waals surface area contributed by atoms with Crippen LogP contribution in [0.4, 0.5) is 0 Å². The molecule has 1 fully saturated rings. The second-order valence-corrected chi connectivity index (χ2v) is 7.53. The molecule has 1 aliphatic heterocycles. The second-order valence-electron chi connectivity index (χ2n) is 7.53. The molecule has 9 N–H and O–H groups in total. The van der Waals surface area contributed by atoms with E-state index in [2.05, 4.69) is 15.6 Å². The number of carbonyl (C=O) groups is 4. The average molecular weight is 428 g/mol. The number of nitrogens with two attached hydrogens (primary N) is 3. The van der Waals surface area contributed by atoms with Crippen molar-refractivity contribution < 1.29 is 24.3 Å². The Balaban J connectivity index is 2.89. The molecule has 12 heteroatoms. The first-order chi connectivity index (χ1) is 14.1. The van der Waals surface area contributed by atoms with Crippen molar-refractivity contribution in [3.05, 3.63) is 0 Å². The third-order valence-corrected chi connectivity index (χ3v) is 4.83. The summed E-state index contributed by atoms with van der Waals surface area (Å²) in [6, 6.07) is -2.74. The molecule has 0 bridgehead atoms. The van der Waals surface area contributed by atoms with Crippen molar-refractivity contribution in [3.8, 4) is 0 Å². The molecule has 170 valence electrons. The molecule has 1 heterocycles. The van der Waals surface area contributed by atoms with Crippen molar-refractivity contribution in [1.29, 1.82) is 0 Å². The zero-order valence-electron chi connectivity index (χ0n) is 17.5. The Labute approximate surface area is 175 Å². The predicted octanol–water partition coefficient (Wildman–Crippen LogP) is -2.30. The predicted molar refractivity (Wildman–Crippen MR) is 110 cm³/mol. The van der Waals surface area contributed by atoms with E-state index in [1.165, 1.54) is 4.90 Å². The summed E-state index contributed by atoms with van der Waals surface area (Å²) in [4.78, 5) is 54.2. The molecule has 1 rings (SSSR count). The van der Waals surface area contributed by atoms with Crippen LogP contribution >= 0.6 is 0 Å². The van der Waals surface area contributed by atoms with Gasteiger partial charge in [0.15, 0.2) is 5.96 Å². The highest BCUT2D eigenvalue weighted by Crippen LogP contribution is 2.20. The van der Waals surface area contributed by atoms with E-state index in [0.29, 0.717) is 25.8 Å². The van der Waals surface area contributed by atoms with Gasteiger partial charge in [-0.05, 0) is 31.6 Å². The van der Waals surface area contributed by atoms with Gasteiger partial charge in [-0.25, -0.2) is 4.79 Å². The number of carboxylic acids is 1. The van der Waals surface area contributed by atoms with Crippen molar-refractivity contribution in [2.45, 2.75) is 57.7 Å². The zero-order valence-corrected chi connectivity index (χ0v) is 17.5. The van der Waals surface area contributed by atoms with Crippen molar-refractivity contribution >= 4 is 29.7 Å². The zero-order chi connectivity index (χ0) is 22.8. The summed E-state index contributed by atoms with van der Waals surface area (Å²) >= 11 is 0. The van der Waals surface area contributed by atoms with E-state index >= 15 is 0 Å². The van der Waals surface area contributed by atoms with Gasteiger partial charge in [-0.3, -0.25) is 19.4 Å². The normalized spacial score (nSPS) is 17.9. The Morgan fingerprint density at radius 3 is 2.40 bits per heavy atom. The number of hydrogen-bond acceptors (Lipinski definition) is 6. The van der Waals surface area contributed by atoms with Crippen molar-refractivity contribution in [1.82, 2.24) is 15.5 Å². The van der Waals surface area contributed by atoms with Crippen LogP contribution in [0.25, 0.3) is 0 Å². The van der Waals surface area contributed by atoms with Crippen molar-refractivity contribution in [2.75, 3.05) is 19.6 Å². The molecule has 0 aliphatic carbocycles. The Bertz CT molecular complexity index is 663. The number of likely N-dealkylation sites (tertiary alicyclic amines) is 1. The molecule has 1 saturated heterocycles. The highest BCUT2D eigenvalue weighted by Gasteiger charge is 2.39. The number of hydrogen-bond donors (Lipinski definition) is 6. The first-order valence-electron chi connectivity index (χ1n) is 9.97. The van der Waals surface area contributed by atoms with E-state index < -0.39 is 41.8 Å². The van der Waals surface area contributed by atoms with Crippen LogP contribution in [0.3, 0.4) is 0 Å². The maximum atomic E-state index is 13.1. The fraction of sp³-hybridized carbons (Fsp3) is 0.722. The maximum absolute atomic E-state index is 13.1. The molecule has 0 aromatic carbocycles. The van der Waals surface area contributed by atoms with E-state index in [9.17, 15) is 24.3 Å². The summed E-state index contributed by atoms with van der Waals surface area (Å²) in [5.41, 5.74) is 15.9. The summed E-state index contributed by atoms with van der Waals surface area (Å²) in [5.74, 6) is -2.97. The molecule has 1 aliphatic rings. The van der Waals surface area contributed by atoms with E-state index in [1.54, 1.807) is 13.8 Å². The Kier molecular flexibility index (Phi) is 10.0. The highest BCUT2D eigenvalue weighted by atomic mass is 16.4. The molecule has 3 atom stereocenters. The molecular weight excluding hydrogens is 394 g/mol. The molecule has 12 nitrogen and oxygen atoms in total. The molecule has 30 heavy (non-hydrogen) atoms. The quantitative estimate of drug-likeness (QED) is 0.120. The molecule has 0 saturated carbocycles. The first-order valence-corrected chi connectivity index (χ1v) is 9.97. The minimum Gasteiger partial charge on any atom is -0.480 e. The number of aliphatic carboxylic acids is 1. The Hall–Kier alpha value is -2.89. The van der Waals surface area contributed by atoms with E-state index in [4.69, 9.17) is 17.2 Å². The van der Waals surface area contributed by atoms with Gasteiger partial charge in [0.2, 0.25) is 17.7 Å². The van der Waals surface area contributed by atoms with Crippen molar-refractivity contribution in [3.63, 3.8) is 0 Å². The molecule has 0 aromatic heterocycles. The number of carbonyl (C=O) groups excluding carboxylic acids is 3. The maximum Gasteiger partial charge on any atom is 0.326 e. The smallest absolute Gasteiger partial charge is 0.326 e. The monoisotopic (exact) mass is 427 g/mol. The summed E-state index contributed by atoms with van der Waals surface area (Å²) in [5, 5.41) is 14.4. The number of guanidine groups is 1. The molecule has 0 radical (unpaired) electrons. The lowest BCUT2D eigenvalue weighted by Crippen LogP contribution is -2.56. The lowest BCUT2D eigenvalue weighted by molar-refractivity contribution is -0.145. The standard InChI is InChI=1S/C18H33N7O5/c1-10(2)14(17(29)30)24-15(27)12-6-4-8-25(12)16(28)11(23-13(26)9-19)5-3-7-22-18(20)21/h10-12,14H,3-9,19H2,1-2H3,(H,23,26)(H,24,27)(H,29,30)(H4,20,21,22). The van der Waals surface area contributed by atoms with E-state index in [-0.39, 0.29) is 31.4 Å². The average Bonchev–Trinajstić information content (AvgIpc) is 3.16. The van der Waals surface area contributed by atoms with Gasteiger partial charge >= 0.3 is 5.97 Å². The Morgan fingerprint density at radius 1 is 1.20 bits per heavy atom. The Morgan fingerprint density at radius 2 is 1.87 bits per heavy atom. The lowest BCUT2D eigenvalue weighted by Gasteiger charge is -2.30. The lowest BCUT2D eigenvalue weighted by atomic mass is 10.0. The van der Waals surface area contributed by atoms with Crippen LogP contribution in [-0.4, -0.2) is 77.4 Å². The van der Waals surface area contributed by atoms with Gasteiger partial charge in [-0.1, -0.05) is 13.8 Å². The largest absolute Gasteiger partial charge is 0.480 e. The van der Waals surface area contributed by atoms with Crippen LogP contribution in [0.1, 0.15) is 39.5 Å². The number of carboxylic acid groups (broad SMARTS) is 1. The molecule has 0 aromatic rings. The minimum absolute atomic E-state index is 0.0710. The molecule has 0 spiro atoms. The third kappa shape index (κ3) is 7.50. The van der Waals surface area contributed by atoms with E-state index in [0.717, 1.165) is 0 Å². The van der Waals surface area contributed by atoms with Crippen LogP contribution in [0.15, 0.2) is 4.99 Å². The van der Waals surface area contributed by atoms with E-state index in [1.807, 2.05) is 0 Å². The number of nitrogens with one attached hydrogen (secondary N) is 2. The fourth-order valence-electron chi connectivity index (χ4n) is 3.28. The second kappa shape index (κ2) is 12.0. The van der Waals surface area contributed by atoms with Gasteiger partial charge in [0.25, 0.3) is 0 Å². The van der Waals surface area contributed by atoms with Gasteiger partial charge in [0.1, 0.15) is 18.1 Å². The number of rotatable bonds is 11. The number of amides is 3. The SMILES string of the molecule is CC(C)C(NC(=O)C1CCCN1C(=O)C(CCCN=C(N)N)NC(=O)CN)C(=O)O. The van der Waals surface area contributed by atoms with Crippen LogP contribution in [0.2, 0.25) is 0 Å².